The number of nitrogens with two attached hydrogens (primary N) is 1. The molecular formula is C18H19N5O2. The van der Waals surface area contributed by atoms with Crippen molar-refractivity contribution in [1.29, 1.82) is 0 Å². The highest BCUT2D eigenvalue weighted by Gasteiger charge is 2.12. The Balaban J connectivity index is 1.80. The Bertz CT molecular complexity index is 949. The summed E-state index contributed by atoms with van der Waals surface area (Å²) < 4.78 is 1.35. The molecule has 0 saturated carbocycles. The lowest BCUT2D eigenvalue weighted by atomic mass is 10.2. The van der Waals surface area contributed by atoms with Crippen molar-refractivity contribution in [2.75, 3.05) is 17.6 Å². The van der Waals surface area contributed by atoms with Crippen LogP contribution in [0.2, 0.25) is 0 Å². The molecule has 0 fully saturated rings. The average molecular weight is 337 g/mol. The first-order valence-electron chi connectivity index (χ1n) is 7.94. The van der Waals surface area contributed by atoms with Crippen molar-refractivity contribution in [3.8, 4) is 0 Å². The predicted molar refractivity (Wildman–Crippen MR) is 97.7 cm³/mol. The summed E-state index contributed by atoms with van der Waals surface area (Å²) in [6, 6.07) is 13.3. The van der Waals surface area contributed by atoms with Crippen LogP contribution in [-0.4, -0.2) is 21.1 Å². The van der Waals surface area contributed by atoms with Crippen LogP contribution in [0.3, 0.4) is 0 Å². The van der Waals surface area contributed by atoms with E-state index in [9.17, 15) is 9.59 Å². The van der Waals surface area contributed by atoms with Crippen molar-refractivity contribution in [3.05, 3.63) is 86.8 Å². The zero-order chi connectivity index (χ0) is 17.6. The molecular weight excluding hydrogens is 318 g/mol. The van der Waals surface area contributed by atoms with Gasteiger partial charge in [0.25, 0.3) is 5.56 Å². The molecule has 0 bridgehead atoms. The van der Waals surface area contributed by atoms with Crippen LogP contribution in [0.4, 0.5) is 11.5 Å². The summed E-state index contributed by atoms with van der Waals surface area (Å²) in [6.07, 6.45) is 4.15. The summed E-state index contributed by atoms with van der Waals surface area (Å²) in [5.41, 5.74) is 7.28. The van der Waals surface area contributed by atoms with Gasteiger partial charge in [-0.05, 0) is 29.7 Å². The Morgan fingerprint density at radius 3 is 2.48 bits per heavy atom. The predicted octanol–water partition coefficient (Wildman–Crippen LogP) is 1.22. The Morgan fingerprint density at radius 1 is 1.04 bits per heavy atom. The van der Waals surface area contributed by atoms with Gasteiger partial charge in [-0.25, -0.2) is 4.79 Å². The highest BCUT2D eigenvalue weighted by atomic mass is 16.2. The van der Waals surface area contributed by atoms with E-state index >= 15 is 0 Å². The van der Waals surface area contributed by atoms with Crippen molar-refractivity contribution in [2.45, 2.75) is 13.0 Å². The van der Waals surface area contributed by atoms with E-state index in [1.165, 1.54) is 4.57 Å². The number of pyridine rings is 1. The highest BCUT2D eigenvalue weighted by Crippen LogP contribution is 2.12. The zero-order valence-electron chi connectivity index (χ0n) is 13.6. The first kappa shape index (κ1) is 16.5. The lowest BCUT2D eigenvalue weighted by molar-refractivity contribution is 0.733. The Morgan fingerprint density at radius 2 is 1.76 bits per heavy atom. The topological polar surface area (TPSA) is 106 Å². The van der Waals surface area contributed by atoms with Crippen LogP contribution in [0, 0.1) is 0 Å². The molecule has 0 aliphatic rings. The smallest absolute Gasteiger partial charge is 0.330 e. The lowest BCUT2D eigenvalue weighted by Gasteiger charge is -2.14. The van der Waals surface area contributed by atoms with Gasteiger partial charge in [0.05, 0.1) is 6.54 Å². The summed E-state index contributed by atoms with van der Waals surface area (Å²) >= 11 is 0. The van der Waals surface area contributed by atoms with Crippen molar-refractivity contribution in [2.24, 2.45) is 0 Å². The van der Waals surface area contributed by atoms with E-state index < -0.39 is 11.2 Å². The minimum absolute atomic E-state index is 0.132. The molecule has 3 aromatic rings. The first-order chi connectivity index (χ1) is 12.1. The molecule has 0 spiro atoms. The zero-order valence-corrected chi connectivity index (χ0v) is 13.6. The van der Waals surface area contributed by atoms with Crippen LogP contribution in [-0.2, 0) is 13.0 Å². The highest BCUT2D eigenvalue weighted by molar-refractivity contribution is 5.60. The number of aromatic nitrogens is 3. The molecule has 0 aliphatic carbocycles. The monoisotopic (exact) mass is 337 g/mol. The number of nitrogens with one attached hydrogen (secondary N) is 2. The minimum atomic E-state index is -0.522. The SMILES string of the molecule is Nc1c(NCCc2ccncc2)c(=O)[nH]c(=O)n1Cc1ccccc1. The molecule has 128 valence electrons. The van der Waals surface area contributed by atoms with E-state index in [1.807, 2.05) is 42.5 Å². The summed E-state index contributed by atoms with van der Waals surface area (Å²) in [5.74, 6) is 0.132. The van der Waals surface area contributed by atoms with E-state index in [1.54, 1.807) is 12.4 Å². The average Bonchev–Trinajstić information content (AvgIpc) is 2.63. The maximum absolute atomic E-state index is 12.1. The second-order valence-electron chi connectivity index (χ2n) is 5.62. The Kier molecular flexibility index (Phi) is 4.94. The molecule has 4 N–H and O–H groups in total. The van der Waals surface area contributed by atoms with E-state index in [4.69, 9.17) is 5.73 Å². The molecule has 2 heterocycles. The Hall–Kier alpha value is -3.35. The standard InChI is InChI=1S/C18H19N5O2/c19-16-15(21-11-8-13-6-9-20-10-7-13)17(24)22-18(25)23(16)12-14-4-2-1-3-5-14/h1-7,9-10,21H,8,11-12,19H2,(H,22,24,25). The summed E-state index contributed by atoms with van der Waals surface area (Å²) in [6.45, 7) is 0.808. The van der Waals surface area contributed by atoms with Crippen LogP contribution >= 0.6 is 0 Å². The van der Waals surface area contributed by atoms with Gasteiger partial charge >= 0.3 is 5.69 Å². The number of aromatic amines is 1. The number of hydrogen-bond acceptors (Lipinski definition) is 5. The van der Waals surface area contributed by atoms with Gasteiger partial charge < -0.3 is 11.1 Å². The van der Waals surface area contributed by atoms with Gasteiger partial charge in [-0.3, -0.25) is 19.3 Å². The molecule has 0 saturated heterocycles. The third-order valence-corrected chi connectivity index (χ3v) is 3.89. The number of benzene rings is 1. The van der Waals surface area contributed by atoms with Gasteiger partial charge in [0.2, 0.25) is 0 Å². The van der Waals surface area contributed by atoms with Gasteiger partial charge in [0, 0.05) is 18.9 Å². The quantitative estimate of drug-likeness (QED) is 0.627. The number of anilines is 2. The summed E-state index contributed by atoms with van der Waals surface area (Å²) in [4.78, 5) is 30.5. The number of H-pyrrole nitrogens is 1. The second kappa shape index (κ2) is 7.48. The van der Waals surface area contributed by atoms with Crippen molar-refractivity contribution in [3.63, 3.8) is 0 Å². The van der Waals surface area contributed by atoms with Gasteiger partial charge in [0.1, 0.15) is 11.5 Å². The number of rotatable bonds is 6. The molecule has 1 aromatic carbocycles. The molecule has 0 aliphatic heterocycles. The third-order valence-electron chi connectivity index (χ3n) is 3.89. The Labute approximate surface area is 144 Å². The maximum atomic E-state index is 12.1. The third kappa shape index (κ3) is 3.95. The van der Waals surface area contributed by atoms with E-state index in [-0.39, 0.29) is 11.5 Å². The largest absolute Gasteiger partial charge is 0.383 e. The number of nitrogens with zero attached hydrogens (tertiary/aromatic N) is 2. The molecule has 7 heteroatoms. The van der Waals surface area contributed by atoms with Gasteiger partial charge in [-0.15, -0.1) is 0 Å². The number of nitrogen functional groups attached to an aromatic ring is 1. The van der Waals surface area contributed by atoms with Crippen molar-refractivity contribution in [1.82, 2.24) is 14.5 Å². The van der Waals surface area contributed by atoms with Gasteiger partial charge in [-0.2, -0.15) is 0 Å². The number of hydrogen-bond donors (Lipinski definition) is 3. The van der Waals surface area contributed by atoms with Gasteiger partial charge in [0.15, 0.2) is 0 Å². The van der Waals surface area contributed by atoms with Crippen LogP contribution in [0.25, 0.3) is 0 Å². The fourth-order valence-electron chi connectivity index (χ4n) is 2.56. The molecule has 0 amide bonds. The second-order valence-corrected chi connectivity index (χ2v) is 5.62. The molecule has 0 atom stereocenters. The van der Waals surface area contributed by atoms with Crippen LogP contribution in [0.5, 0.6) is 0 Å². The molecule has 2 aromatic heterocycles. The fraction of sp³-hybridized carbons (Fsp3) is 0.167. The van der Waals surface area contributed by atoms with E-state index in [2.05, 4.69) is 15.3 Å². The summed E-state index contributed by atoms with van der Waals surface area (Å²) in [5, 5.41) is 3.03. The van der Waals surface area contributed by atoms with Gasteiger partial charge in [-0.1, -0.05) is 30.3 Å². The molecule has 0 unspecified atom stereocenters. The normalized spacial score (nSPS) is 10.6. The van der Waals surface area contributed by atoms with E-state index in [0.717, 1.165) is 11.1 Å². The van der Waals surface area contributed by atoms with Crippen LogP contribution in [0.15, 0.2) is 64.4 Å². The van der Waals surface area contributed by atoms with Crippen LogP contribution < -0.4 is 22.3 Å². The summed E-state index contributed by atoms with van der Waals surface area (Å²) in [7, 11) is 0. The van der Waals surface area contributed by atoms with E-state index in [0.29, 0.717) is 19.5 Å². The molecule has 0 radical (unpaired) electrons. The maximum Gasteiger partial charge on any atom is 0.330 e. The van der Waals surface area contributed by atoms with Crippen LogP contribution in [0.1, 0.15) is 11.1 Å². The lowest BCUT2D eigenvalue weighted by Crippen LogP contribution is -2.34. The fourth-order valence-corrected chi connectivity index (χ4v) is 2.56. The minimum Gasteiger partial charge on any atom is -0.383 e. The molecule has 3 rings (SSSR count). The first-order valence-corrected chi connectivity index (χ1v) is 7.94. The molecule has 7 nitrogen and oxygen atoms in total. The van der Waals surface area contributed by atoms with Crippen molar-refractivity contribution < 1.29 is 0 Å². The van der Waals surface area contributed by atoms with Crippen molar-refractivity contribution >= 4 is 11.5 Å². The molecule has 25 heavy (non-hydrogen) atoms.